The van der Waals surface area contributed by atoms with E-state index in [1.165, 1.54) is 5.56 Å². The van der Waals surface area contributed by atoms with Crippen molar-refractivity contribution in [3.63, 3.8) is 0 Å². The van der Waals surface area contributed by atoms with E-state index in [0.29, 0.717) is 10.6 Å². The molecule has 0 aliphatic carbocycles. The minimum Gasteiger partial charge on any atom is -0.388 e. The van der Waals surface area contributed by atoms with Crippen LogP contribution in [0.15, 0.2) is 24.3 Å². The highest BCUT2D eigenvalue weighted by molar-refractivity contribution is 7.71. The summed E-state index contributed by atoms with van der Waals surface area (Å²) in [5.74, 6) is 0.558. The number of aryl methyl sites for hydroxylation is 1. The zero-order chi connectivity index (χ0) is 12.4. The first-order chi connectivity index (χ1) is 8.13. The van der Waals surface area contributed by atoms with E-state index in [0.717, 1.165) is 5.56 Å². The van der Waals surface area contributed by atoms with E-state index in [-0.39, 0.29) is 12.6 Å². The van der Waals surface area contributed by atoms with E-state index in [1.54, 1.807) is 0 Å². The maximum atomic E-state index is 9.22. The first-order valence-electron chi connectivity index (χ1n) is 5.46. The fourth-order valence-corrected chi connectivity index (χ4v) is 2.15. The Labute approximate surface area is 105 Å². The molecule has 1 atom stereocenters. The molecule has 1 heterocycles. The number of aliphatic hydroxyl groups excluding tert-OH is 1. The highest BCUT2D eigenvalue weighted by atomic mass is 32.1. The van der Waals surface area contributed by atoms with Gasteiger partial charge in [-0.25, -0.2) is 0 Å². The van der Waals surface area contributed by atoms with Crippen LogP contribution < -0.4 is 0 Å². The second kappa shape index (κ2) is 4.81. The number of aliphatic hydroxyl groups is 1. The normalized spacial score (nSPS) is 12.6. The Morgan fingerprint density at radius 2 is 2.06 bits per heavy atom. The molecular formula is C12H15N3OS. The molecule has 0 aliphatic heterocycles. The van der Waals surface area contributed by atoms with Crippen molar-refractivity contribution < 1.29 is 5.11 Å². The van der Waals surface area contributed by atoms with Gasteiger partial charge in [0.2, 0.25) is 0 Å². The van der Waals surface area contributed by atoms with E-state index in [2.05, 4.69) is 41.4 Å². The lowest BCUT2D eigenvalue weighted by Gasteiger charge is -2.15. The molecule has 0 aliphatic rings. The van der Waals surface area contributed by atoms with Crippen molar-refractivity contribution in [2.45, 2.75) is 26.5 Å². The average Bonchev–Trinajstić information content (AvgIpc) is 2.70. The summed E-state index contributed by atoms with van der Waals surface area (Å²) < 4.78 is 2.36. The SMILES string of the molecule is Cc1ccc(C(C)n2c(CO)n[nH]c2=S)cc1. The Morgan fingerprint density at radius 3 is 2.65 bits per heavy atom. The second-order valence-corrected chi connectivity index (χ2v) is 4.45. The molecule has 2 N–H and O–H groups in total. The fraction of sp³-hybridized carbons (Fsp3) is 0.333. The lowest BCUT2D eigenvalue weighted by Crippen LogP contribution is -2.11. The lowest BCUT2D eigenvalue weighted by atomic mass is 10.1. The Kier molecular flexibility index (Phi) is 3.40. The van der Waals surface area contributed by atoms with Gasteiger partial charge in [-0.15, -0.1) is 0 Å². The monoisotopic (exact) mass is 249 g/mol. The molecule has 17 heavy (non-hydrogen) atoms. The largest absolute Gasteiger partial charge is 0.388 e. The summed E-state index contributed by atoms with van der Waals surface area (Å²) in [5, 5.41) is 15.9. The zero-order valence-electron chi connectivity index (χ0n) is 9.84. The second-order valence-electron chi connectivity index (χ2n) is 4.06. The van der Waals surface area contributed by atoms with Crippen molar-refractivity contribution in [3.05, 3.63) is 46.0 Å². The van der Waals surface area contributed by atoms with Gasteiger partial charge in [-0.3, -0.25) is 9.67 Å². The van der Waals surface area contributed by atoms with E-state index in [1.807, 2.05) is 11.5 Å². The number of H-pyrrole nitrogens is 1. The van der Waals surface area contributed by atoms with E-state index in [4.69, 9.17) is 12.2 Å². The highest BCUT2D eigenvalue weighted by Gasteiger charge is 2.13. The van der Waals surface area contributed by atoms with Crippen molar-refractivity contribution in [3.8, 4) is 0 Å². The van der Waals surface area contributed by atoms with Crippen LogP contribution in [0.4, 0.5) is 0 Å². The first-order valence-corrected chi connectivity index (χ1v) is 5.87. The number of aromatic amines is 1. The fourth-order valence-electron chi connectivity index (χ4n) is 1.84. The molecule has 1 unspecified atom stereocenters. The Hall–Kier alpha value is -1.46. The van der Waals surface area contributed by atoms with E-state index < -0.39 is 0 Å². The van der Waals surface area contributed by atoms with Crippen LogP contribution in [-0.2, 0) is 6.61 Å². The maximum absolute atomic E-state index is 9.22. The molecule has 0 amide bonds. The summed E-state index contributed by atoms with van der Waals surface area (Å²) in [6.07, 6.45) is 0. The van der Waals surface area contributed by atoms with Gasteiger partial charge >= 0.3 is 0 Å². The van der Waals surface area contributed by atoms with Gasteiger partial charge in [-0.05, 0) is 31.6 Å². The van der Waals surface area contributed by atoms with Crippen LogP contribution in [0, 0.1) is 11.7 Å². The number of rotatable bonds is 3. The molecule has 0 saturated heterocycles. The molecule has 0 fully saturated rings. The van der Waals surface area contributed by atoms with Gasteiger partial charge in [0.25, 0.3) is 0 Å². The first kappa shape index (κ1) is 12.0. The topological polar surface area (TPSA) is 53.8 Å². The molecule has 0 spiro atoms. The van der Waals surface area contributed by atoms with Crippen LogP contribution in [0.2, 0.25) is 0 Å². The summed E-state index contributed by atoms with van der Waals surface area (Å²) >= 11 is 5.17. The van der Waals surface area contributed by atoms with Crippen LogP contribution in [0.3, 0.4) is 0 Å². The molecular weight excluding hydrogens is 234 g/mol. The van der Waals surface area contributed by atoms with Crippen molar-refractivity contribution in [2.75, 3.05) is 0 Å². The predicted octanol–water partition coefficient (Wildman–Crippen LogP) is 2.35. The van der Waals surface area contributed by atoms with Gasteiger partial charge in [0.15, 0.2) is 10.6 Å². The number of hydrogen-bond donors (Lipinski definition) is 2. The highest BCUT2D eigenvalue weighted by Crippen LogP contribution is 2.20. The molecule has 4 nitrogen and oxygen atoms in total. The third-order valence-corrected chi connectivity index (χ3v) is 3.15. The molecule has 5 heteroatoms. The number of nitrogens with zero attached hydrogens (tertiary/aromatic N) is 2. The van der Waals surface area contributed by atoms with Crippen LogP contribution in [0.5, 0.6) is 0 Å². The van der Waals surface area contributed by atoms with Crippen molar-refractivity contribution in [2.24, 2.45) is 0 Å². The maximum Gasteiger partial charge on any atom is 0.195 e. The quantitative estimate of drug-likeness (QED) is 0.821. The number of aromatic nitrogens is 3. The molecule has 2 rings (SSSR count). The van der Waals surface area contributed by atoms with Gasteiger partial charge in [0, 0.05) is 0 Å². The van der Waals surface area contributed by atoms with Crippen molar-refractivity contribution in [1.29, 1.82) is 0 Å². The number of benzene rings is 1. The number of nitrogens with one attached hydrogen (secondary N) is 1. The molecule has 1 aromatic heterocycles. The van der Waals surface area contributed by atoms with E-state index >= 15 is 0 Å². The van der Waals surface area contributed by atoms with Gasteiger partial charge in [0.05, 0.1) is 6.04 Å². The summed E-state index contributed by atoms with van der Waals surface area (Å²) in [6.45, 7) is 3.97. The van der Waals surface area contributed by atoms with Gasteiger partial charge in [0.1, 0.15) is 6.61 Å². The lowest BCUT2D eigenvalue weighted by molar-refractivity contribution is 0.263. The van der Waals surface area contributed by atoms with Crippen LogP contribution in [0.25, 0.3) is 0 Å². The van der Waals surface area contributed by atoms with Crippen LogP contribution in [0.1, 0.15) is 29.9 Å². The molecule has 2 aromatic rings. The third kappa shape index (κ3) is 2.30. The van der Waals surface area contributed by atoms with Gasteiger partial charge in [-0.1, -0.05) is 29.8 Å². The molecule has 1 aromatic carbocycles. The third-order valence-electron chi connectivity index (χ3n) is 2.87. The van der Waals surface area contributed by atoms with Crippen molar-refractivity contribution in [1.82, 2.24) is 14.8 Å². The predicted molar refractivity (Wildman–Crippen MR) is 68.3 cm³/mol. The molecule has 0 saturated carbocycles. The number of hydrogen-bond acceptors (Lipinski definition) is 3. The van der Waals surface area contributed by atoms with E-state index in [9.17, 15) is 5.11 Å². The molecule has 0 radical (unpaired) electrons. The Bertz CT molecular complexity index is 556. The van der Waals surface area contributed by atoms with Gasteiger partial charge in [-0.2, -0.15) is 5.10 Å². The average molecular weight is 249 g/mol. The summed E-state index contributed by atoms with van der Waals surface area (Å²) in [7, 11) is 0. The summed E-state index contributed by atoms with van der Waals surface area (Å²) in [4.78, 5) is 0. The minimum absolute atomic E-state index is 0.0593. The molecule has 0 bridgehead atoms. The smallest absolute Gasteiger partial charge is 0.195 e. The van der Waals surface area contributed by atoms with Gasteiger partial charge < -0.3 is 5.11 Å². The van der Waals surface area contributed by atoms with Crippen LogP contribution in [-0.4, -0.2) is 19.9 Å². The summed E-state index contributed by atoms with van der Waals surface area (Å²) in [5.41, 5.74) is 2.36. The van der Waals surface area contributed by atoms with Crippen molar-refractivity contribution >= 4 is 12.2 Å². The zero-order valence-corrected chi connectivity index (χ0v) is 10.7. The standard InChI is InChI=1S/C12H15N3OS/c1-8-3-5-10(6-4-8)9(2)15-11(7-16)13-14-12(15)17/h3-6,9,16H,7H2,1-2H3,(H,14,17). The summed E-state index contributed by atoms with van der Waals surface area (Å²) in [6, 6.07) is 8.32. The minimum atomic E-state index is -0.122. The van der Waals surface area contributed by atoms with Crippen LogP contribution >= 0.6 is 12.2 Å². The molecule has 90 valence electrons. The Morgan fingerprint density at radius 1 is 1.41 bits per heavy atom. The Balaban J connectivity index is 2.43.